The monoisotopic (exact) mass is 348 g/mol. The Hall–Kier alpha value is -1.02. The van der Waals surface area contributed by atoms with Crippen LogP contribution in [0.25, 0.3) is 0 Å². The van der Waals surface area contributed by atoms with E-state index >= 15 is 0 Å². The molecule has 0 atom stereocenters. The molecule has 0 N–H and O–H groups in total. The van der Waals surface area contributed by atoms with Crippen molar-refractivity contribution in [3.8, 4) is 0 Å². The second-order valence-corrected chi connectivity index (χ2v) is 6.84. The van der Waals surface area contributed by atoms with Gasteiger partial charge >= 0.3 is 0 Å². The van der Waals surface area contributed by atoms with Gasteiger partial charge in [-0.05, 0) is 13.3 Å². The van der Waals surface area contributed by atoms with Crippen molar-refractivity contribution in [2.75, 3.05) is 24.6 Å². The summed E-state index contributed by atoms with van der Waals surface area (Å²) in [7, 11) is 0. The molecule has 0 unspecified atom stereocenters. The van der Waals surface area contributed by atoms with Gasteiger partial charge in [-0.3, -0.25) is 29.2 Å². The van der Waals surface area contributed by atoms with E-state index in [1.165, 1.54) is 23.9 Å². The third-order valence-electron chi connectivity index (χ3n) is 2.69. The van der Waals surface area contributed by atoms with Gasteiger partial charge in [0.05, 0.1) is 11.5 Å². The maximum Gasteiger partial charge on any atom is 0.251 e. The Balaban J connectivity index is 4.91. The van der Waals surface area contributed by atoms with Crippen LogP contribution in [-0.4, -0.2) is 56.7 Å². The van der Waals surface area contributed by atoms with E-state index in [1.54, 1.807) is 6.92 Å². The zero-order chi connectivity index (χ0) is 17.1. The van der Waals surface area contributed by atoms with E-state index in [9.17, 15) is 19.2 Å². The zero-order valence-electron chi connectivity index (χ0n) is 13.6. The highest BCUT2D eigenvalue weighted by Gasteiger charge is 2.24. The largest absolute Gasteiger partial charge is 0.288 e. The standard InChI is InChI=1S/C14H24N2O4S2/c1-5-7-8-16(14(20)10-22-12(4)18)15(6-2)13(19)9-21-11(3)17/h5-10H2,1-4H3. The minimum absolute atomic E-state index is 0.0128. The second-order valence-electron chi connectivity index (χ2n) is 4.54. The van der Waals surface area contributed by atoms with E-state index in [0.29, 0.717) is 13.1 Å². The van der Waals surface area contributed by atoms with Crippen molar-refractivity contribution >= 4 is 45.6 Å². The first-order valence-electron chi connectivity index (χ1n) is 7.20. The molecular formula is C14H24N2O4S2. The highest BCUT2D eigenvalue weighted by Crippen LogP contribution is 2.11. The number of hydrogen-bond donors (Lipinski definition) is 0. The van der Waals surface area contributed by atoms with Crippen LogP contribution < -0.4 is 0 Å². The van der Waals surface area contributed by atoms with Crippen LogP contribution in [0.15, 0.2) is 0 Å². The summed E-state index contributed by atoms with van der Waals surface area (Å²) in [4.78, 5) is 46.5. The van der Waals surface area contributed by atoms with E-state index < -0.39 is 0 Å². The van der Waals surface area contributed by atoms with Gasteiger partial charge in [0, 0.05) is 26.9 Å². The van der Waals surface area contributed by atoms with E-state index in [4.69, 9.17) is 0 Å². The van der Waals surface area contributed by atoms with Crippen LogP contribution in [0.5, 0.6) is 0 Å². The lowest BCUT2D eigenvalue weighted by molar-refractivity contribution is -0.160. The van der Waals surface area contributed by atoms with Gasteiger partial charge in [0.15, 0.2) is 10.2 Å². The molecule has 0 rings (SSSR count). The number of hydrogen-bond acceptors (Lipinski definition) is 6. The van der Waals surface area contributed by atoms with Crippen LogP contribution in [0, 0.1) is 0 Å². The highest BCUT2D eigenvalue weighted by atomic mass is 32.2. The van der Waals surface area contributed by atoms with Gasteiger partial charge in [0.1, 0.15) is 0 Å². The molecule has 0 radical (unpaired) electrons. The molecule has 6 nitrogen and oxygen atoms in total. The van der Waals surface area contributed by atoms with Crippen molar-refractivity contribution in [2.24, 2.45) is 0 Å². The molecule has 126 valence electrons. The molecule has 2 amide bonds. The molecule has 0 spiro atoms. The number of unbranched alkanes of at least 4 members (excludes halogenated alkanes) is 1. The summed E-state index contributed by atoms with van der Waals surface area (Å²) in [6, 6.07) is 0. The highest BCUT2D eigenvalue weighted by molar-refractivity contribution is 8.14. The molecule has 8 heteroatoms. The summed E-state index contributed by atoms with van der Waals surface area (Å²) < 4.78 is 0. The normalized spacial score (nSPS) is 10.2. The molecule has 0 saturated carbocycles. The van der Waals surface area contributed by atoms with Crippen molar-refractivity contribution in [3.63, 3.8) is 0 Å². The average molecular weight is 348 g/mol. The lowest BCUT2D eigenvalue weighted by Gasteiger charge is -2.34. The maximum atomic E-state index is 12.3. The third kappa shape index (κ3) is 8.43. The Morgan fingerprint density at radius 2 is 1.27 bits per heavy atom. The number of carbonyl (C=O) groups is 4. The Kier molecular flexibility index (Phi) is 11.0. The van der Waals surface area contributed by atoms with Crippen LogP contribution in [-0.2, 0) is 19.2 Å². The minimum Gasteiger partial charge on any atom is -0.288 e. The quantitative estimate of drug-likeness (QED) is 0.624. The number of amides is 2. The average Bonchev–Trinajstić information content (AvgIpc) is 2.46. The summed E-state index contributed by atoms with van der Waals surface area (Å²) in [5.74, 6) is -0.515. The summed E-state index contributed by atoms with van der Waals surface area (Å²) in [6.07, 6.45) is 1.65. The smallest absolute Gasteiger partial charge is 0.251 e. The van der Waals surface area contributed by atoms with Gasteiger partial charge in [0.2, 0.25) is 0 Å². The van der Waals surface area contributed by atoms with Gasteiger partial charge in [-0.25, -0.2) is 0 Å². The molecular weight excluding hydrogens is 324 g/mol. The molecule has 0 bridgehead atoms. The van der Waals surface area contributed by atoms with E-state index in [1.807, 2.05) is 6.92 Å². The summed E-state index contributed by atoms with van der Waals surface area (Å²) in [5, 5.41) is 2.50. The van der Waals surface area contributed by atoms with E-state index in [-0.39, 0.29) is 33.6 Å². The third-order valence-corrected chi connectivity index (χ3v) is 4.28. The van der Waals surface area contributed by atoms with Crippen molar-refractivity contribution in [3.05, 3.63) is 0 Å². The predicted molar refractivity (Wildman–Crippen MR) is 90.3 cm³/mol. The zero-order valence-corrected chi connectivity index (χ0v) is 15.2. The summed E-state index contributed by atoms with van der Waals surface area (Å²) in [5.41, 5.74) is 0. The van der Waals surface area contributed by atoms with Gasteiger partial charge in [-0.15, -0.1) is 0 Å². The topological polar surface area (TPSA) is 74.8 Å². The van der Waals surface area contributed by atoms with Crippen molar-refractivity contribution < 1.29 is 19.2 Å². The summed E-state index contributed by atoms with van der Waals surface area (Å²) in [6.45, 7) is 7.35. The van der Waals surface area contributed by atoms with Gasteiger partial charge in [-0.1, -0.05) is 36.9 Å². The molecule has 0 aromatic heterocycles. The molecule has 0 aromatic carbocycles. The molecule has 0 aliphatic carbocycles. The second kappa shape index (κ2) is 11.5. The summed E-state index contributed by atoms with van der Waals surface area (Å²) >= 11 is 1.86. The van der Waals surface area contributed by atoms with Gasteiger partial charge in [0.25, 0.3) is 11.8 Å². The van der Waals surface area contributed by atoms with E-state index in [2.05, 4.69) is 0 Å². The van der Waals surface area contributed by atoms with Gasteiger partial charge < -0.3 is 0 Å². The lowest BCUT2D eigenvalue weighted by atomic mass is 10.3. The molecule has 0 aliphatic rings. The SMILES string of the molecule is CCCCN(C(=O)CSC(C)=O)N(CC)C(=O)CSC(C)=O. The van der Waals surface area contributed by atoms with Crippen LogP contribution in [0.4, 0.5) is 0 Å². The van der Waals surface area contributed by atoms with Crippen molar-refractivity contribution in [1.82, 2.24) is 10.0 Å². The van der Waals surface area contributed by atoms with Crippen LogP contribution in [0.2, 0.25) is 0 Å². The number of hydrazine groups is 1. The molecule has 0 fully saturated rings. The number of rotatable bonds is 8. The fraction of sp³-hybridized carbons (Fsp3) is 0.714. The predicted octanol–water partition coefficient (Wildman–Crippen LogP) is 1.94. The number of carbonyl (C=O) groups excluding carboxylic acids is 4. The lowest BCUT2D eigenvalue weighted by Crippen LogP contribution is -2.51. The van der Waals surface area contributed by atoms with Crippen LogP contribution in [0.3, 0.4) is 0 Å². The molecule has 0 aliphatic heterocycles. The molecule has 0 heterocycles. The Labute approximate surface area is 140 Å². The van der Waals surface area contributed by atoms with Crippen LogP contribution in [0.1, 0.15) is 40.5 Å². The number of nitrogens with zero attached hydrogens (tertiary/aromatic N) is 2. The van der Waals surface area contributed by atoms with Crippen LogP contribution >= 0.6 is 23.5 Å². The van der Waals surface area contributed by atoms with E-state index in [0.717, 1.165) is 36.4 Å². The first-order chi connectivity index (χ1) is 10.3. The van der Waals surface area contributed by atoms with Crippen molar-refractivity contribution in [2.45, 2.75) is 40.5 Å². The first-order valence-corrected chi connectivity index (χ1v) is 9.17. The van der Waals surface area contributed by atoms with Crippen molar-refractivity contribution in [1.29, 1.82) is 0 Å². The molecule has 22 heavy (non-hydrogen) atoms. The maximum absolute atomic E-state index is 12.3. The fourth-order valence-corrected chi connectivity index (χ4v) is 2.60. The number of thioether (sulfide) groups is 2. The Morgan fingerprint density at radius 3 is 1.64 bits per heavy atom. The Bertz CT molecular complexity index is 416. The Morgan fingerprint density at radius 1 is 0.818 bits per heavy atom. The molecule has 0 aromatic rings. The molecule has 0 saturated heterocycles. The minimum atomic E-state index is -0.278. The van der Waals surface area contributed by atoms with Gasteiger partial charge in [-0.2, -0.15) is 0 Å². The first kappa shape index (κ1) is 21.0. The fourth-order valence-electron chi connectivity index (χ4n) is 1.65.